The number of para-hydroxylation sites is 2. The van der Waals surface area contributed by atoms with Crippen LogP contribution in [-0.4, -0.2) is 53.5 Å². The molecule has 0 saturated heterocycles. The number of nitrogens with one attached hydrogen (secondary N) is 1. The van der Waals surface area contributed by atoms with Gasteiger partial charge in [0.15, 0.2) is 0 Å². The van der Waals surface area contributed by atoms with Gasteiger partial charge < -0.3 is 19.9 Å². The molecule has 0 aliphatic carbocycles. The van der Waals surface area contributed by atoms with Crippen molar-refractivity contribution in [2.45, 2.75) is 12.8 Å². The van der Waals surface area contributed by atoms with Crippen LogP contribution in [-0.2, 0) is 4.74 Å². The van der Waals surface area contributed by atoms with Gasteiger partial charge in [0.05, 0.1) is 18.0 Å². The normalized spacial score (nSPS) is 14.5. The number of unbranched alkanes of at least 4 members (excludes halogenated alkanes) is 1. The topological polar surface area (TPSA) is 27.7 Å². The molecule has 1 aliphatic heterocycles. The minimum atomic E-state index is 0.797. The van der Waals surface area contributed by atoms with E-state index in [1.54, 1.807) is 7.11 Å². The fourth-order valence-electron chi connectivity index (χ4n) is 2.65. The van der Waals surface area contributed by atoms with Gasteiger partial charge in [-0.25, -0.2) is 0 Å². The van der Waals surface area contributed by atoms with Crippen molar-refractivity contribution >= 4 is 11.4 Å². The highest BCUT2D eigenvalue weighted by atomic mass is 16.5. The molecule has 1 aliphatic rings. The Labute approximate surface area is 122 Å². The maximum Gasteiger partial charge on any atom is 0.0604 e. The second-order valence-electron chi connectivity index (χ2n) is 5.35. The summed E-state index contributed by atoms with van der Waals surface area (Å²) < 4.78 is 5.02. The zero-order valence-corrected chi connectivity index (χ0v) is 12.8. The van der Waals surface area contributed by atoms with Crippen LogP contribution in [0.5, 0.6) is 0 Å². The van der Waals surface area contributed by atoms with E-state index in [1.807, 2.05) is 0 Å². The molecule has 0 unspecified atom stereocenters. The second-order valence-corrected chi connectivity index (χ2v) is 5.35. The molecular weight excluding hydrogens is 250 g/mol. The van der Waals surface area contributed by atoms with Crippen molar-refractivity contribution in [1.82, 2.24) is 5.32 Å². The predicted molar refractivity (Wildman–Crippen MR) is 85.9 cm³/mol. The smallest absolute Gasteiger partial charge is 0.0604 e. The fraction of sp³-hybridized carbons (Fsp3) is 0.625. The van der Waals surface area contributed by atoms with Crippen molar-refractivity contribution in [3.63, 3.8) is 0 Å². The van der Waals surface area contributed by atoms with Crippen LogP contribution >= 0.6 is 0 Å². The van der Waals surface area contributed by atoms with Crippen LogP contribution in [0.1, 0.15) is 12.8 Å². The summed E-state index contributed by atoms with van der Waals surface area (Å²) in [6.45, 7) is 6.23. The maximum absolute atomic E-state index is 5.02. The van der Waals surface area contributed by atoms with Crippen LogP contribution in [0.15, 0.2) is 24.3 Å². The molecule has 0 bridgehead atoms. The molecule has 4 nitrogen and oxygen atoms in total. The van der Waals surface area contributed by atoms with Crippen LogP contribution in [0.2, 0.25) is 0 Å². The molecule has 1 aromatic rings. The van der Waals surface area contributed by atoms with Crippen LogP contribution in [0.25, 0.3) is 0 Å². The van der Waals surface area contributed by atoms with E-state index in [4.69, 9.17) is 4.74 Å². The molecule has 0 spiro atoms. The summed E-state index contributed by atoms with van der Waals surface area (Å²) >= 11 is 0. The van der Waals surface area contributed by atoms with E-state index in [-0.39, 0.29) is 0 Å². The number of likely N-dealkylation sites (N-methyl/N-ethyl adjacent to an activating group) is 1. The summed E-state index contributed by atoms with van der Waals surface area (Å²) in [6.07, 6.45) is 2.45. The zero-order chi connectivity index (χ0) is 14.2. The first kappa shape index (κ1) is 15.1. The van der Waals surface area contributed by atoms with Crippen molar-refractivity contribution < 1.29 is 4.74 Å². The summed E-state index contributed by atoms with van der Waals surface area (Å²) in [4.78, 5) is 4.86. The molecule has 0 aromatic heterocycles. The fourth-order valence-corrected chi connectivity index (χ4v) is 2.65. The molecule has 0 amide bonds. The van der Waals surface area contributed by atoms with E-state index in [0.717, 1.165) is 39.3 Å². The van der Waals surface area contributed by atoms with Gasteiger partial charge in [-0.2, -0.15) is 0 Å². The molecule has 0 radical (unpaired) electrons. The predicted octanol–water partition coefficient (Wildman–Crippen LogP) is 1.96. The van der Waals surface area contributed by atoms with Gasteiger partial charge in [-0.15, -0.1) is 0 Å². The Hall–Kier alpha value is -1.26. The average Bonchev–Trinajstić information content (AvgIpc) is 2.49. The van der Waals surface area contributed by atoms with Crippen molar-refractivity contribution in [3.05, 3.63) is 24.3 Å². The summed E-state index contributed by atoms with van der Waals surface area (Å²) in [7, 11) is 3.92. The number of nitrogens with zero attached hydrogens (tertiary/aromatic N) is 2. The first-order chi connectivity index (χ1) is 9.83. The maximum atomic E-state index is 5.02. The van der Waals surface area contributed by atoms with Gasteiger partial charge in [0.2, 0.25) is 0 Å². The third-order valence-corrected chi connectivity index (χ3v) is 3.85. The minimum absolute atomic E-state index is 0.797. The average molecular weight is 277 g/mol. The molecule has 2 rings (SSSR count). The largest absolute Gasteiger partial charge is 0.383 e. The molecule has 112 valence electrons. The molecule has 1 N–H and O–H groups in total. The van der Waals surface area contributed by atoms with Crippen molar-refractivity contribution in [2.75, 3.05) is 63.3 Å². The number of benzene rings is 1. The first-order valence-electron chi connectivity index (χ1n) is 7.57. The van der Waals surface area contributed by atoms with Gasteiger partial charge in [-0.1, -0.05) is 12.1 Å². The first-order valence-corrected chi connectivity index (χ1v) is 7.57. The Bertz CT molecular complexity index is 397. The summed E-state index contributed by atoms with van der Waals surface area (Å²) in [5, 5.41) is 3.40. The lowest BCUT2D eigenvalue weighted by Gasteiger charge is -2.37. The van der Waals surface area contributed by atoms with Crippen molar-refractivity contribution in [2.24, 2.45) is 0 Å². The van der Waals surface area contributed by atoms with Gasteiger partial charge in [0.1, 0.15) is 0 Å². The molecule has 20 heavy (non-hydrogen) atoms. The zero-order valence-electron chi connectivity index (χ0n) is 12.8. The lowest BCUT2D eigenvalue weighted by molar-refractivity contribution is 0.199. The van der Waals surface area contributed by atoms with Crippen LogP contribution < -0.4 is 15.1 Å². The van der Waals surface area contributed by atoms with Gasteiger partial charge in [-0.3, -0.25) is 0 Å². The third-order valence-electron chi connectivity index (χ3n) is 3.85. The number of ether oxygens (including phenoxy) is 1. The SMILES string of the molecule is COCCNCCCCN1CCN(C)c2ccccc21. The molecular formula is C16H27N3O. The molecule has 1 heterocycles. The number of rotatable bonds is 8. The van der Waals surface area contributed by atoms with E-state index < -0.39 is 0 Å². The molecule has 0 atom stereocenters. The van der Waals surface area contributed by atoms with E-state index in [9.17, 15) is 0 Å². The highest BCUT2D eigenvalue weighted by molar-refractivity contribution is 5.72. The number of methoxy groups -OCH3 is 1. The standard InChI is InChI=1S/C16H27N3O/c1-18-12-13-19(16-8-4-3-7-15(16)18)11-6-5-9-17-10-14-20-2/h3-4,7-8,17H,5-6,9-14H2,1-2H3. The number of hydrogen-bond donors (Lipinski definition) is 1. The van der Waals surface area contributed by atoms with Gasteiger partial charge >= 0.3 is 0 Å². The number of fused-ring (bicyclic) bond motifs is 1. The molecule has 0 saturated carbocycles. The molecule has 4 heteroatoms. The van der Waals surface area contributed by atoms with Crippen LogP contribution in [0, 0.1) is 0 Å². The Morgan fingerprint density at radius 1 is 1.10 bits per heavy atom. The Morgan fingerprint density at radius 2 is 1.90 bits per heavy atom. The number of anilines is 2. The van der Waals surface area contributed by atoms with Crippen molar-refractivity contribution in [1.29, 1.82) is 0 Å². The summed E-state index contributed by atoms with van der Waals surface area (Å²) in [6, 6.07) is 8.71. The minimum Gasteiger partial charge on any atom is -0.383 e. The van der Waals surface area contributed by atoms with Crippen LogP contribution in [0.4, 0.5) is 11.4 Å². The van der Waals surface area contributed by atoms with E-state index in [1.165, 1.54) is 24.2 Å². The lowest BCUT2D eigenvalue weighted by atomic mass is 10.1. The van der Waals surface area contributed by atoms with Gasteiger partial charge in [0.25, 0.3) is 0 Å². The highest BCUT2D eigenvalue weighted by Crippen LogP contribution is 2.31. The number of hydrogen-bond acceptors (Lipinski definition) is 4. The van der Waals surface area contributed by atoms with Crippen LogP contribution in [0.3, 0.4) is 0 Å². The summed E-state index contributed by atoms with van der Waals surface area (Å²) in [5.41, 5.74) is 2.74. The quantitative estimate of drug-likeness (QED) is 0.735. The van der Waals surface area contributed by atoms with E-state index in [2.05, 4.69) is 46.4 Å². The highest BCUT2D eigenvalue weighted by Gasteiger charge is 2.18. The summed E-state index contributed by atoms with van der Waals surface area (Å²) in [5.74, 6) is 0. The molecule has 0 fully saturated rings. The van der Waals surface area contributed by atoms with Gasteiger partial charge in [0, 0.05) is 40.3 Å². The Balaban J connectivity index is 1.73. The molecule has 1 aromatic carbocycles. The Kier molecular flexibility index (Phi) is 6.15. The monoisotopic (exact) mass is 277 g/mol. The second kappa shape index (κ2) is 8.12. The van der Waals surface area contributed by atoms with E-state index >= 15 is 0 Å². The Morgan fingerprint density at radius 3 is 2.70 bits per heavy atom. The third kappa shape index (κ3) is 4.12. The van der Waals surface area contributed by atoms with E-state index in [0.29, 0.717) is 0 Å². The van der Waals surface area contributed by atoms with Crippen molar-refractivity contribution in [3.8, 4) is 0 Å². The lowest BCUT2D eigenvalue weighted by Crippen LogP contribution is -2.39. The van der Waals surface area contributed by atoms with Gasteiger partial charge in [-0.05, 0) is 31.5 Å².